The average Bonchev–Trinajstić information content (AvgIpc) is 2.12. The molecule has 0 aliphatic carbocycles. The zero-order chi connectivity index (χ0) is 5.98. The van der Waals surface area contributed by atoms with E-state index >= 15 is 0 Å². The fourth-order valence-corrected chi connectivity index (χ4v) is 1.10. The number of nitrogens with zero attached hydrogens (tertiary/aromatic N) is 1. The van der Waals surface area contributed by atoms with Crippen LogP contribution in [0.25, 0.3) is 0 Å². The van der Waals surface area contributed by atoms with Crippen molar-refractivity contribution in [3.8, 4) is 0 Å². The van der Waals surface area contributed by atoms with E-state index < -0.39 is 0 Å². The van der Waals surface area contributed by atoms with Crippen LogP contribution >= 0.6 is 11.3 Å². The van der Waals surface area contributed by atoms with E-state index in [9.17, 15) is 0 Å². The number of anilines is 1. The lowest BCUT2D eigenvalue weighted by Gasteiger charge is -2.06. The molecule has 1 rings (SSSR count). The van der Waals surface area contributed by atoms with E-state index in [4.69, 9.17) is 0 Å². The summed E-state index contributed by atoms with van der Waals surface area (Å²) in [5.74, 6) is 0. The highest BCUT2D eigenvalue weighted by molar-refractivity contribution is 7.07. The number of thiophene rings is 1. The van der Waals surface area contributed by atoms with E-state index in [1.165, 1.54) is 0 Å². The summed E-state index contributed by atoms with van der Waals surface area (Å²) in [7, 11) is 4.02. The molecule has 1 heterocycles. The number of hydrogen-bond acceptors (Lipinski definition) is 2. The van der Waals surface area contributed by atoms with E-state index in [0.717, 1.165) is 5.69 Å². The Hall–Kier alpha value is -0.500. The van der Waals surface area contributed by atoms with Crippen LogP contribution in [0.1, 0.15) is 0 Å². The predicted octanol–water partition coefficient (Wildman–Crippen LogP) is 1.61. The SMILES string of the molecule is CN(C)c1[c]scc1. The summed E-state index contributed by atoms with van der Waals surface area (Å²) < 4.78 is 0. The van der Waals surface area contributed by atoms with Crippen molar-refractivity contribution in [2.75, 3.05) is 19.0 Å². The Labute approximate surface area is 53.6 Å². The third kappa shape index (κ3) is 1.01. The number of rotatable bonds is 1. The highest BCUT2D eigenvalue weighted by Crippen LogP contribution is 2.12. The van der Waals surface area contributed by atoms with Crippen LogP contribution in [-0.4, -0.2) is 14.1 Å². The van der Waals surface area contributed by atoms with Gasteiger partial charge in [0.1, 0.15) is 0 Å². The van der Waals surface area contributed by atoms with Gasteiger partial charge in [-0.1, -0.05) is 0 Å². The van der Waals surface area contributed by atoms with Crippen molar-refractivity contribution in [1.29, 1.82) is 0 Å². The Morgan fingerprint density at radius 1 is 1.62 bits per heavy atom. The second-order valence-electron chi connectivity index (χ2n) is 1.80. The first-order chi connectivity index (χ1) is 3.80. The van der Waals surface area contributed by atoms with Gasteiger partial charge in [-0.15, -0.1) is 11.3 Å². The van der Waals surface area contributed by atoms with Crippen LogP contribution in [0.5, 0.6) is 0 Å². The van der Waals surface area contributed by atoms with Gasteiger partial charge in [0.15, 0.2) is 0 Å². The zero-order valence-electron chi connectivity index (χ0n) is 5.01. The van der Waals surface area contributed by atoms with E-state index in [2.05, 4.69) is 5.38 Å². The normalized spacial score (nSPS) is 9.25. The van der Waals surface area contributed by atoms with Crippen LogP contribution in [0.15, 0.2) is 11.4 Å². The molecule has 0 atom stereocenters. The molecule has 0 N–H and O–H groups in total. The largest absolute Gasteiger partial charge is 0.376 e. The van der Waals surface area contributed by atoms with Gasteiger partial charge in [-0.3, -0.25) is 0 Å². The fourth-order valence-electron chi connectivity index (χ4n) is 0.467. The molecule has 1 aromatic heterocycles. The van der Waals surface area contributed by atoms with Crippen molar-refractivity contribution < 1.29 is 0 Å². The van der Waals surface area contributed by atoms with Crippen molar-refractivity contribution >= 4 is 17.0 Å². The van der Waals surface area contributed by atoms with Gasteiger partial charge in [0.05, 0.1) is 11.1 Å². The van der Waals surface area contributed by atoms with Crippen LogP contribution in [0.4, 0.5) is 5.69 Å². The first-order valence-electron chi connectivity index (χ1n) is 2.43. The van der Waals surface area contributed by atoms with Crippen LogP contribution in [0, 0.1) is 5.38 Å². The van der Waals surface area contributed by atoms with Crippen LogP contribution in [0.3, 0.4) is 0 Å². The van der Waals surface area contributed by atoms with E-state index in [1.807, 2.05) is 30.4 Å². The molecule has 0 saturated heterocycles. The second-order valence-corrected chi connectivity index (χ2v) is 2.51. The summed E-state index contributed by atoms with van der Waals surface area (Å²) in [4.78, 5) is 2.04. The standard InChI is InChI=1S/C6H8NS/c1-7(2)6-3-4-8-5-6/h3-4H,1-2H3. The smallest absolute Gasteiger partial charge is 0.0696 e. The van der Waals surface area contributed by atoms with E-state index in [-0.39, 0.29) is 0 Å². The first-order valence-corrected chi connectivity index (χ1v) is 3.31. The summed E-state index contributed by atoms with van der Waals surface area (Å²) in [6.07, 6.45) is 0. The third-order valence-electron chi connectivity index (χ3n) is 0.939. The van der Waals surface area contributed by atoms with Crippen molar-refractivity contribution in [2.24, 2.45) is 0 Å². The molecular formula is C6H8NS. The summed E-state index contributed by atoms with van der Waals surface area (Å²) in [5, 5.41) is 5.13. The van der Waals surface area contributed by atoms with Gasteiger partial charge in [-0.25, -0.2) is 0 Å². The Balaban J connectivity index is 2.77. The zero-order valence-corrected chi connectivity index (χ0v) is 5.83. The predicted molar refractivity (Wildman–Crippen MR) is 37.5 cm³/mol. The Morgan fingerprint density at radius 2 is 2.38 bits per heavy atom. The van der Waals surface area contributed by atoms with Gasteiger partial charge in [0, 0.05) is 14.1 Å². The third-order valence-corrected chi connectivity index (χ3v) is 1.54. The van der Waals surface area contributed by atoms with Crippen molar-refractivity contribution in [1.82, 2.24) is 0 Å². The molecule has 0 saturated carbocycles. The maximum absolute atomic E-state index is 3.10. The first kappa shape index (κ1) is 5.63. The monoisotopic (exact) mass is 126 g/mol. The summed E-state index contributed by atoms with van der Waals surface area (Å²) in [6.45, 7) is 0. The van der Waals surface area contributed by atoms with E-state index in [1.54, 1.807) is 11.3 Å². The minimum absolute atomic E-state index is 1.16. The van der Waals surface area contributed by atoms with Gasteiger partial charge in [-0.05, 0) is 11.4 Å². The van der Waals surface area contributed by atoms with Crippen molar-refractivity contribution in [3.63, 3.8) is 0 Å². The summed E-state index contributed by atoms with van der Waals surface area (Å²) >= 11 is 1.60. The molecular weight excluding hydrogens is 118 g/mol. The summed E-state index contributed by atoms with van der Waals surface area (Å²) in [5.41, 5.74) is 1.16. The minimum atomic E-state index is 1.16. The lowest BCUT2D eigenvalue weighted by molar-refractivity contribution is 1.14. The molecule has 1 radical (unpaired) electrons. The second kappa shape index (κ2) is 2.18. The molecule has 1 aromatic rings. The molecule has 0 aliphatic rings. The maximum atomic E-state index is 3.10. The highest BCUT2D eigenvalue weighted by Gasteiger charge is 1.90. The van der Waals surface area contributed by atoms with Gasteiger partial charge in [0.25, 0.3) is 0 Å². The lowest BCUT2D eigenvalue weighted by Crippen LogP contribution is -2.06. The molecule has 0 spiro atoms. The molecule has 0 amide bonds. The quantitative estimate of drug-likeness (QED) is 0.552. The van der Waals surface area contributed by atoms with Crippen molar-refractivity contribution in [3.05, 3.63) is 16.8 Å². The number of hydrogen-bond donors (Lipinski definition) is 0. The van der Waals surface area contributed by atoms with Crippen LogP contribution < -0.4 is 4.90 Å². The average molecular weight is 126 g/mol. The van der Waals surface area contributed by atoms with Crippen LogP contribution in [-0.2, 0) is 0 Å². The molecule has 2 heteroatoms. The molecule has 0 unspecified atom stereocenters. The Morgan fingerprint density at radius 3 is 2.62 bits per heavy atom. The van der Waals surface area contributed by atoms with Gasteiger partial charge in [0.2, 0.25) is 0 Å². The maximum Gasteiger partial charge on any atom is 0.0696 e. The Kier molecular flexibility index (Phi) is 1.53. The van der Waals surface area contributed by atoms with Gasteiger partial charge >= 0.3 is 0 Å². The minimum Gasteiger partial charge on any atom is -0.376 e. The molecule has 0 bridgehead atoms. The highest BCUT2D eigenvalue weighted by atomic mass is 32.1. The summed E-state index contributed by atoms with van der Waals surface area (Å²) in [6, 6.07) is 2.05. The lowest BCUT2D eigenvalue weighted by atomic mass is 10.5. The fraction of sp³-hybridized carbons (Fsp3) is 0.333. The van der Waals surface area contributed by atoms with Crippen LogP contribution in [0.2, 0.25) is 0 Å². The van der Waals surface area contributed by atoms with Gasteiger partial charge in [-0.2, -0.15) is 0 Å². The molecule has 0 fully saturated rings. The topological polar surface area (TPSA) is 3.24 Å². The Bertz CT molecular complexity index is 144. The van der Waals surface area contributed by atoms with Crippen molar-refractivity contribution in [2.45, 2.75) is 0 Å². The van der Waals surface area contributed by atoms with Gasteiger partial charge < -0.3 is 4.90 Å². The molecule has 0 aliphatic heterocycles. The molecule has 0 aromatic carbocycles. The molecule has 1 nitrogen and oxygen atoms in total. The molecule has 43 valence electrons. The van der Waals surface area contributed by atoms with E-state index in [0.29, 0.717) is 0 Å². The molecule has 8 heavy (non-hydrogen) atoms.